The van der Waals surface area contributed by atoms with Crippen LogP contribution in [-0.2, 0) is 0 Å². The van der Waals surface area contributed by atoms with Gasteiger partial charge in [-0.05, 0) is 57.4 Å². The molecular formula is C15H23FN2. The maximum Gasteiger partial charge on any atom is 0.123 e. The normalized spacial score (nSPS) is 22.9. The number of hydrogen-bond donors (Lipinski definition) is 2. The Balaban J connectivity index is 1.84. The summed E-state index contributed by atoms with van der Waals surface area (Å²) in [5.74, 6) is -0.161. The molecule has 2 nitrogen and oxygen atoms in total. The van der Waals surface area contributed by atoms with E-state index >= 15 is 0 Å². The fourth-order valence-electron chi connectivity index (χ4n) is 2.75. The van der Waals surface area contributed by atoms with Gasteiger partial charge in [-0.15, -0.1) is 0 Å². The molecule has 1 aliphatic rings. The molecule has 100 valence electrons. The summed E-state index contributed by atoms with van der Waals surface area (Å²) >= 11 is 0. The second-order valence-corrected chi connectivity index (χ2v) is 5.37. The van der Waals surface area contributed by atoms with Gasteiger partial charge in [0.2, 0.25) is 0 Å². The average Bonchev–Trinajstić information content (AvgIpc) is 2.81. The molecule has 0 radical (unpaired) electrons. The van der Waals surface area contributed by atoms with Gasteiger partial charge in [0.05, 0.1) is 0 Å². The Kier molecular flexibility index (Phi) is 4.72. The minimum Gasteiger partial charge on any atom is -0.314 e. The van der Waals surface area contributed by atoms with Gasteiger partial charge in [-0.25, -0.2) is 4.39 Å². The maximum atomic E-state index is 13.2. The largest absolute Gasteiger partial charge is 0.314 e. The molecule has 1 aromatic rings. The molecule has 0 spiro atoms. The van der Waals surface area contributed by atoms with E-state index in [4.69, 9.17) is 0 Å². The summed E-state index contributed by atoms with van der Waals surface area (Å²) in [5.41, 5.74) is 1.02. The predicted octanol–water partition coefficient (Wildman–Crippen LogP) is 3.01. The molecule has 0 amide bonds. The molecule has 1 heterocycles. The van der Waals surface area contributed by atoms with E-state index in [9.17, 15) is 4.39 Å². The average molecular weight is 250 g/mol. The van der Waals surface area contributed by atoms with Crippen LogP contribution in [0.3, 0.4) is 0 Å². The molecule has 1 saturated heterocycles. The van der Waals surface area contributed by atoms with E-state index in [2.05, 4.69) is 24.5 Å². The van der Waals surface area contributed by atoms with Crippen LogP contribution in [0.1, 0.15) is 44.7 Å². The van der Waals surface area contributed by atoms with Crippen LogP contribution in [-0.4, -0.2) is 18.6 Å². The Hall–Kier alpha value is -0.930. The van der Waals surface area contributed by atoms with Gasteiger partial charge < -0.3 is 10.6 Å². The van der Waals surface area contributed by atoms with Crippen molar-refractivity contribution in [1.29, 1.82) is 0 Å². The Morgan fingerprint density at radius 3 is 2.94 bits per heavy atom. The summed E-state index contributed by atoms with van der Waals surface area (Å²) < 4.78 is 13.2. The Bertz CT molecular complexity index is 375. The zero-order chi connectivity index (χ0) is 13.0. The van der Waals surface area contributed by atoms with Crippen LogP contribution < -0.4 is 10.6 Å². The van der Waals surface area contributed by atoms with Gasteiger partial charge in [0.1, 0.15) is 5.82 Å². The molecule has 1 aromatic carbocycles. The lowest BCUT2D eigenvalue weighted by Crippen LogP contribution is -2.35. The molecular weight excluding hydrogens is 227 g/mol. The maximum absolute atomic E-state index is 13.2. The molecule has 0 bridgehead atoms. The predicted molar refractivity (Wildman–Crippen MR) is 73.1 cm³/mol. The lowest BCUT2D eigenvalue weighted by Gasteiger charge is -2.23. The van der Waals surface area contributed by atoms with Crippen molar-refractivity contribution >= 4 is 0 Å². The number of halogens is 1. The summed E-state index contributed by atoms with van der Waals surface area (Å²) in [6.07, 6.45) is 3.71. The van der Waals surface area contributed by atoms with E-state index in [0.717, 1.165) is 18.5 Å². The molecule has 3 atom stereocenters. The lowest BCUT2D eigenvalue weighted by molar-refractivity contribution is 0.407. The van der Waals surface area contributed by atoms with Crippen LogP contribution in [0.25, 0.3) is 0 Å². The van der Waals surface area contributed by atoms with Gasteiger partial charge in [0.25, 0.3) is 0 Å². The van der Waals surface area contributed by atoms with Crippen molar-refractivity contribution in [2.24, 2.45) is 0 Å². The lowest BCUT2D eigenvalue weighted by atomic mass is 10.0. The van der Waals surface area contributed by atoms with Crippen LogP contribution in [0.15, 0.2) is 24.3 Å². The van der Waals surface area contributed by atoms with Gasteiger partial charge in [-0.3, -0.25) is 0 Å². The molecule has 3 heteroatoms. The smallest absolute Gasteiger partial charge is 0.123 e. The Labute approximate surface area is 109 Å². The number of nitrogens with one attached hydrogen (secondary N) is 2. The first-order valence-corrected chi connectivity index (χ1v) is 6.90. The second kappa shape index (κ2) is 6.30. The van der Waals surface area contributed by atoms with Crippen LogP contribution in [0.5, 0.6) is 0 Å². The van der Waals surface area contributed by atoms with Crippen molar-refractivity contribution in [1.82, 2.24) is 10.6 Å². The van der Waals surface area contributed by atoms with E-state index in [1.54, 1.807) is 12.1 Å². The zero-order valence-electron chi connectivity index (χ0n) is 11.2. The van der Waals surface area contributed by atoms with Crippen LogP contribution >= 0.6 is 0 Å². The molecule has 2 N–H and O–H groups in total. The van der Waals surface area contributed by atoms with Crippen molar-refractivity contribution in [2.45, 2.75) is 51.2 Å². The highest BCUT2D eigenvalue weighted by atomic mass is 19.1. The monoisotopic (exact) mass is 250 g/mol. The van der Waals surface area contributed by atoms with E-state index in [0.29, 0.717) is 12.1 Å². The van der Waals surface area contributed by atoms with Crippen molar-refractivity contribution in [3.63, 3.8) is 0 Å². The number of benzene rings is 1. The minimum absolute atomic E-state index is 0.161. The SMILES string of the molecule is CC(CC1CCCN1)N[C@H](C)c1cccc(F)c1. The first-order chi connectivity index (χ1) is 8.65. The summed E-state index contributed by atoms with van der Waals surface area (Å²) in [6.45, 7) is 5.44. The van der Waals surface area contributed by atoms with Crippen molar-refractivity contribution in [3.05, 3.63) is 35.6 Å². The molecule has 2 rings (SSSR count). The number of hydrogen-bond acceptors (Lipinski definition) is 2. The van der Waals surface area contributed by atoms with Crippen molar-refractivity contribution in [3.8, 4) is 0 Å². The van der Waals surface area contributed by atoms with Gasteiger partial charge >= 0.3 is 0 Å². The van der Waals surface area contributed by atoms with Gasteiger partial charge in [0, 0.05) is 18.1 Å². The fraction of sp³-hybridized carbons (Fsp3) is 0.600. The molecule has 0 aromatic heterocycles. The van der Waals surface area contributed by atoms with Crippen LogP contribution in [0.2, 0.25) is 0 Å². The zero-order valence-corrected chi connectivity index (χ0v) is 11.2. The van der Waals surface area contributed by atoms with Gasteiger partial charge in [-0.1, -0.05) is 12.1 Å². The standard InChI is InChI=1S/C15H23FN2/c1-11(9-15-7-4-8-17-15)18-12(2)13-5-3-6-14(16)10-13/h3,5-6,10-12,15,17-18H,4,7-9H2,1-2H3/t11?,12-,15?/m1/s1. The molecule has 1 fully saturated rings. The van der Waals surface area contributed by atoms with Crippen molar-refractivity contribution < 1.29 is 4.39 Å². The fourth-order valence-corrected chi connectivity index (χ4v) is 2.75. The van der Waals surface area contributed by atoms with Gasteiger partial charge in [-0.2, -0.15) is 0 Å². The first-order valence-electron chi connectivity index (χ1n) is 6.90. The van der Waals surface area contributed by atoms with E-state index in [-0.39, 0.29) is 11.9 Å². The van der Waals surface area contributed by atoms with Crippen molar-refractivity contribution in [2.75, 3.05) is 6.54 Å². The highest BCUT2D eigenvalue weighted by Crippen LogP contribution is 2.17. The summed E-state index contributed by atoms with van der Waals surface area (Å²) in [5, 5.41) is 7.05. The van der Waals surface area contributed by atoms with E-state index < -0.39 is 0 Å². The molecule has 0 aliphatic carbocycles. The number of rotatable bonds is 5. The third kappa shape index (κ3) is 3.79. The first kappa shape index (κ1) is 13.5. The summed E-state index contributed by atoms with van der Waals surface area (Å²) in [4.78, 5) is 0. The highest BCUT2D eigenvalue weighted by molar-refractivity contribution is 5.19. The summed E-state index contributed by atoms with van der Waals surface area (Å²) in [7, 11) is 0. The molecule has 2 unspecified atom stereocenters. The van der Waals surface area contributed by atoms with Gasteiger partial charge in [0.15, 0.2) is 0 Å². The third-order valence-corrected chi connectivity index (χ3v) is 3.68. The van der Waals surface area contributed by atoms with E-state index in [1.165, 1.54) is 18.9 Å². The topological polar surface area (TPSA) is 24.1 Å². The highest BCUT2D eigenvalue weighted by Gasteiger charge is 2.18. The second-order valence-electron chi connectivity index (χ2n) is 5.37. The Morgan fingerprint density at radius 2 is 2.28 bits per heavy atom. The molecule has 0 saturated carbocycles. The van der Waals surface area contributed by atoms with Crippen LogP contribution in [0, 0.1) is 5.82 Å². The minimum atomic E-state index is -0.161. The summed E-state index contributed by atoms with van der Waals surface area (Å²) in [6, 6.07) is 8.12. The quantitative estimate of drug-likeness (QED) is 0.839. The third-order valence-electron chi connectivity index (χ3n) is 3.68. The molecule has 18 heavy (non-hydrogen) atoms. The van der Waals surface area contributed by atoms with E-state index in [1.807, 2.05) is 6.07 Å². The molecule has 1 aliphatic heterocycles. The van der Waals surface area contributed by atoms with Crippen LogP contribution in [0.4, 0.5) is 4.39 Å². The Morgan fingerprint density at radius 1 is 1.44 bits per heavy atom.